The number of fused-ring (bicyclic) bond motifs is 1. The van der Waals surface area contributed by atoms with E-state index >= 15 is 0 Å². The number of ether oxygens (including phenoxy) is 2. The molecular weight excluding hydrogens is 436 g/mol. The van der Waals surface area contributed by atoms with Crippen LogP contribution in [0.15, 0.2) is 60.3 Å². The lowest BCUT2D eigenvalue weighted by atomic mass is 9.59. The van der Waals surface area contributed by atoms with Gasteiger partial charge >= 0.3 is 0 Å². The van der Waals surface area contributed by atoms with Crippen molar-refractivity contribution in [3.8, 4) is 0 Å². The van der Waals surface area contributed by atoms with Crippen LogP contribution in [0.5, 0.6) is 0 Å². The Morgan fingerprint density at radius 3 is 2.66 bits per heavy atom. The molecule has 0 unspecified atom stereocenters. The van der Waals surface area contributed by atoms with Gasteiger partial charge in [-0.2, -0.15) is 0 Å². The molecule has 0 aromatic carbocycles. The predicted molar refractivity (Wildman–Crippen MR) is 144 cm³/mol. The first-order chi connectivity index (χ1) is 16.5. The molecule has 3 rings (SSSR count). The van der Waals surface area contributed by atoms with E-state index < -0.39 is 12.2 Å². The monoisotopic (exact) mass is 484 g/mol. The van der Waals surface area contributed by atoms with Gasteiger partial charge < -0.3 is 19.7 Å². The predicted octanol–water partition coefficient (Wildman–Crippen LogP) is 6.52. The van der Waals surface area contributed by atoms with Crippen LogP contribution in [0.4, 0.5) is 0 Å². The summed E-state index contributed by atoms with van der Waals surface area (Å²) in [6, 6.07) is 0. The zero-order valence-corrected chi connectivity index (χ0v) is 22.6. The number of hydrogen-bond acceptors (Lipinski definition) is 4. The van der Waals surface area contributed by atoms with Gasteiger partial charge in [0, 0.05) is 13.5 Å². The number of methoxy groups -OCH3 is 1. The van der Waals surface area contributed by atoms with Crippen LogP contribution >= 0.6 is 0 Å². The molecule has 0 aromatic rings. The average molecular weight is 485 g/mol. The first-order valence-electron chi connectivity index (χ1n) is 13.4. The van der Waals surface area contributed by atoms with Gasteiger partial charge in [0.2, 0.25) is 0 Å². The molecule has 2 N–H and O–H groups in total. The second-order valence-corrected chi connectivity index (χ2v) is 11.8. The molecule has 0 spiro atoms. The maximum Gasteiger partial charge on any atom is 0.147 e. The van der Waals surface area contributed by atoms with Crippen LogP contribution in [-0.4, -0.2) is 41.9 Å². The van der Waals surface area contributed by atoms with E-state index in [2.05, 4.69) is 71.2 Å². The lowest BCUT2D eigenvalue weighted by Crippen LogP contribution is -2.37. The van der Waals surface area contributed by atoms with E-state index in [1.807, 2.05) is 0 Å². The molecule has 7 atom stereocenters. The summed E-state index contributed by atoms with van der Waals surface area (Å²) in [5, 5.41) is 20.3. The van der Waals surface area contributed by atoms with Gasteiger partial charge in [-0.1, -0.05) is 56.4 Å². The molecule has 3 aliphatic carbocycles. The maximum atomic E-state index is 10.2. The summed E-state index contributed by atoms with van der Waals surface area (Å²) in [6.45, 7) is 17.6. The standard InChI is InChI=1S/C31H48O4/c1-8-23(15-17-30(4,5)35-20-34-7)21(2)27-13-14-28-24(10-9-16-31(27,28)6)11-12-25-18-26(32)19-29(33)22(25)3/h8,11-12,15,17,21,23,26-29,32-33H,1,3,9-10,13-14,16,18-20H2,2,4-7H3/b17-15+,24-11+,25-12-/t21-,23-,26-,27-,28+,29+,31-/m1/s1. The molecule has 0 heterocycles. The lowest BCUT2D eigenvalue weighted by molar-refractivity contribution is -0.0921. The number of hydrogen-bond donors (Lipinski definition) is 2. The Kier molecular flexibility index (Phi) is 9.42. The van der Waals surface area contributed by atoms with Crippen molar-refractivity contribution in [3.05, 3.63) is 60.3 Å². The summed E-state index contributed by atoms with van der Waals surface area (Å²) >= 11 is 0. The van der Waals surface area contributed by atoms with E-state index in [1.165, 1.54) is 31.3 Å². The largest absolute Gasteiger partial charge is 0.393 e. The molecule has 3 saturated carbocycles. The SMILES string of the molecule is C=C[C@H](/C=C/C(C)(C)OCOC)[C@@H](C)[C@H]1CC[C@H]2/C(=C/C=C3/C[C@@H](O)C[C@H](O)C3=C)CCC[C@]12C. The van der Waals surface area contributed by atoms with Crippen LogP contribution in [0.2, 0.25) is 0 Å². The fourth-order valence-electron chi connectivity index (χ4n) is 6.95. The normalized spacial score (nSPS) is 36.0. The van der Waals surface area contributed by atoms with Crippen LogP contribution in [-0.2, 0) is 9.47 Å². The molecular formula is C31H48O4. The molecule has 4 heteroatoms. The minimum atomic E-state index is -0.634. The third-order valence-corrected chi connectivity index (χ3v) is 9.08. The van der Waals surface area contributed by atoms with Gasteiger partial charge in [-0.25, -0.2) is 0 Å². The Hall–Kier alpha value is -1.46. The topological polar surface area (TPSA) is 58.9 Å². The lowest BCUT2D eigenvalue weighted by Gasteiger charge is -2.45. The fraction of sp³-hybridized carbons (Fsp3) is 0.677. The molecule has 0 radical (unpaired) electrons. The number of aliphatic hydroxyl groups is 2. The Bertz CT molecular complexity index is 850. The smallest absolute Gasteiger partial charge is 0.147 e. The van der Waals surface area contributed by atoms with Gasteiger partial charge in [-0.15, -0.1) is 6.58 Å². The third kappa shape index (κ3) is 6.46. The van der Waals surface area contributed by atoms with Crippen molar-refractivity contribution >= 4 is 0 Å². The fourth-order valence-corrected chi connectivity index (χ4v) is 6.95. The molecule has 196 valence electrons. The van der Waals surface area contributed by atoms with Gasteiger partial charge in [0.1, 0.15) is 6.79 Å². The molecule has 35 heavy (non-hydrogen) atoms. The second-order valence-electron chi connectivity index (χ2n) is 11.8. The molecule has 0 aromatic heterocycles. The molecule has 0 saturated heterocycles. The van der Waals surface area contributed by atoms with E-state index in [4.69, 9.17) is 9.47 Å². The number of aliphatic hydroxyl groups excluding tert-OH is 2. The van der Waals surface area contributed by atoms with E-state index in [0.717, 1.165) is 17.6 Å². The summed E-state index contributed by atoms with van der Waals surface area (Å²) in [6.07, 6.45) is 16.9. The Morgan fingerprint density at radius 1 is 1.23 bits per heavy atom. The summed E-state index contributed by atoms with van der Waals surface area (Å²) in [5.41, 5.74) is 3.19. The summed E-state index contributed by atoms with van der Waals surface area (Å²) < 4.78 is 10.9. The van der Waals surface area contributed by atoms with E-state index in [-0.39, 0.29) is 17.8 Å². The molecule has 3 aliphatic rings. The van der Waals surface area contributed by atoms with Gasteiger partial charge in [0.05, 0.1) is 17.8 Å². The molecule has 0 aliphatic heterocycles. The van der Waals surface area contributed by atoms with Gasteiger partial charge in [0.25, 0.3) is 0 Å². The quantitative estimate of drug-likeness (QED) is 0.289. The molecule has 0 bridgehead atoms. The van der Waals surface area contributed by atoms with Crippen LogP contribution in [0.25, 0.3) is 0 Å². The van der Waals surface area contributed by atoms with Crippen LogP contribution in [0.1, 0.15) is 72.6 Å². The highest BCUT2D eigenvalue weighted by molar-refractivity contribution is 5.38. The van der Waals surface area contributed by atoms with Crippen LogP contribution in [0, 0.1) is 29.1 Å². The average Bonchev–Trinajstić information content (AvgIpc) is 3.16. The van der Waals surface area contributed by atoms with Crippen molar-refractivity contribution in [1.29, 1.82) is 0 Å². The van der Waals surface area contributed by atoms with Crippen molar-refractivity contribution in [1.82, 2.24) is 0 Å². The summed E-state index contributed by atoms with van der Waals surface area (Å²) in [4.78, 5) is 0. The molecule has 0 amide bonds. The van der Waals surface area contributed by atoms with Crippen molar-refractivity contribution in [2.24, 2.45) is 29.1 Å². The van der Waals surface area contributed by atoms with E-state index in [1.54, 1.807) is 7.11 Å². The zero-order valence-electron chi connectivity index (χ0n) is 22.6. The molecule has 4 nitrogen and oxygen atoms in total. The van der Waals surface area contributed by atoms with Crippen LogP contribution in [0.3, 0.4) is 0 Å². The highest BCUT2D eigenvalue weighted by Gasteiger charge is 2.51. The Labute approximate surface area is 213 Å². The third-order valence-electron chi connectivity index (χ3n) is 9.08. The zero-order chi connectivity index (χ0) is 25.8. The van der Waals surface area contributed by atoms with E-state index in [9.17, 15) is 10.2 Å². The minimum absolute atomic E-state index is 0.280. The highest BCUT2D eigenvalue weighted by atomic mass is 16.7. The number of allylic oxidation sites excluding steroid dienone is 5. The van der Waals surface area contributed by atoms with Gasteiger partial charge in [-0.05, 0) is 92.6 Å². The van der Waals surface area contributed by atoms with Gasteiger partial charge in [-0.3, -0.25) is 0 Å². The first kappa shape index (κ1) is 28.1. The maximum absolute atomic E-state index is 10.2. The van der Waals surface area contributed by atoms with Crippen molar-refractivity contribution in [2.45, 2.75) is 90.4 Å². The summed E-state index contributed by atoms with van der Waals surface area (Å²) in [5.74, 6) is 2.01. The number of rotatable bonds is 9. The van der Waals surface area contributed by atoms with Crippen molar-refractivity contribution in [3.63, 3.8) is 0 Å². The van der Waals surface area contributed by atoms with Gasteiger partial charge in [0.15, 0.2) is 0 Å². The Balaban J connectivity index is 1.76. The Morgan fingerprint density at radius 2 is 1.97 bits per heavy atom. The summed E-state index contributed by atoms with van der Waals surface area (Å²) in [7, 11) is 1.65. The highest BCUT2D eigenvalue weighted by Crippen LogP contribution is 2.60. The molecule has 3 fully saturated rings. The van der Waals surface area contributed by atoms with Crippen molar-refractivity contribution < 1.29 is 19.7 Å². The van der Waals surface area contributed by atoms with Crippen LogP contribution < -0.4 is 0 Å². The first-order valence-corrected chi connectivity index (χ1v) is 13.4. The van der Waals surface area contributed by atoms with Crippen molar-refractivity contribution in [2.75, 3.05) is 13.9 Å². The van der Waals surface area contributed by atoms with E-state index in [0.29, 0.717) is 36.5 Å². The second kappa shape index (κ2) is 11.7. The minimum Gasteiger partial charge on any atom is -0.393 e.